The minimum Gasteiger partial charge on any atom is -0.387 e. The van der Waals surface area contributed by atoms with Gasteiger partial charge in [0.15, 0.2) is 0 Å². The molecule has 8 nitrogen and oxygen atoms in total. The molecule has 0 radical (unpaired) electrons. The average Bonchev–Trinajstić information content (AvgIpc) is 3.19. The van der Waals surface area contributed by atoms with Crippen LogP contribution in [-0.4, -0.2) is 73.4 Å². The van der Waals surface area contributed by atoms with Gasteiger partial charge in [-0.3, -0.25) is 13.8 Å². The summed E-state index contributed by atoms with van der Waals surface area (Å²) in [5.74, 6) is -0.177. The van der Waals surface area contributed by atoms with Gasteiger partial charge in [0.1, 0.15) is 13.2 Å². The third kappa shape index (κ3) is 44.6. The van der Waals surface area contributed by atoms with Gasteiger partial charge in [0.2, 0.25) is 5.91 Å². The van der Waals surface area contributed by atoms with Crippen molar-refractivity contribution >= 4 is 13.7 Å². The van der Waals surface area contributed by atoms with Gasteiger partial charge in [-0.1, -0.05) is 211 Å². The molecule has 1 amide bonds. The number of rotatable bonds is 45. The number of allylic oxidation sites excluding steroid dienone is 5. The smallest absolute Gasteiger partial charge is 0.387 e. The van der Waals surface area contributed by atoms with E-state index >= 15 is 0 Å². The van der Waals surface area contributed by atoms with Crippen LogP contribution >= 0.6 is 7.82 Å². The Labute approximate surface area is 366 Å². The first-order valence-electron chi connectivity index (χ1n) is 24.9. The molecule has 348 valence electrons. The maximum Gasteiger partial charge on any atom is 0.472 e. The lowest BCUT2D eigenvalue weighted by Gasteiger charge is -2.25. The van der Waals surface area contributed by atoms with E-state index in [1.807, 2.05) is 27.2 Å². The molecular weight excluding hydrogens is 756 g/mol. The summed E-state index contributed by atoms with van der Waals surface area (Å²) in [5.41, 5.74) is 0. The number of unbranched alkanes of at least 4 members (excludes halogenated alkanes) is 28. The number of likely N-dealkylation sites (N-methyl/N-ethyl adjacent to an activating group) is 1. The summed E-state index contributed by atoms with van der Waals surface area (Å²) in [6.45, 7) is 4.73. The van der Waals surface area contributed by atoms with Gasteiger partial charge in [0.25, 0.3) is 0 Å². The van der Waals surface area contributed by atoms with Gasteiger partial charge >= 0.3 is 7.82 Å². The molecule has 0 aliphatic rings. The van der Waals surface area contributed by atoms with E-state index in [2.05, 4.69) is 43.5 Å². The van der Waals surface area contributed by atoms with Crippen LogP contribution in [0.4, 0.5) is 0 Å². The topological polar surface area (TPSA) is 105 Å². The third-order valence-corrected chi connectivity index (χ3v) is 12.1. The van der Waals surface area contributed by atoms with E-state index < -0.39 is 20.0 Å². The number of aliphatic hydroxyl groups is 1. The van der Waals surface area contributed by atoms with Crippen molar-refractivity contribution in [3.05, 3.63) is 36.5 Å². The van der Waals surface area contributed by atoms with Crippen molar-refractivity contribution in [1.82, 2.24) is 5.32 Å². The van der Waals surface area contributed by atoms with Crippen molar-refractivity contribution in [2.75, 3.05) is 40.9 Å². The van der Waals surface area contributed by atoms with Gasteiger partial charge in [-0.15, -0.1) is 0 Å². The maximum atomic E-state index is 12.9. The van der Waals surface area contributed by atoms with E-state index in [1.54, 1.807) is 6.08 Å². The number of phosphoric acid groups is 1. The van der Waals surface area contributed by atoms with E-state index in [-0.39, 0.29) is 19.1 Å². The summed E-state index contributed by atoms with van der Waals surface area (Å²) in [5, 5.41) is 13.9. The maximum absolute atomic E-state index is 12.9. The largest absolute Gasteiger partial charge is 0.472 e. The molecule has 59 heavy (non-hydrogen) atoms. The van der Waals surface area contributed by atoms with Crippen LogP contribution in [0.2, 0.25) is 0 Å². The lowest BCUT2D eigenvalue weighted by Crippen LogP contribution is -2.45. The highest BCUT2D eigenvalue weighted by atomic mass is 31.2. The minimum absolute atomic E-state index is 0.0621. The Bertz CT molecular complexity index is 1060. The lowest BCUT2D eigenvalue weighted by molar-refractivity contribution is -0.870. The standard InChI is InChI=1S/C50H97N2O6P/c1-6-8-10-12-14-16-18-20-22-24-25-26-27-28-30-32-34-36-38-40-42-44-50(54)51-48(47-58-59(55,56)57-46-45-52(3,4)5)49(53)43-41-39-37-35-33-31-29-23-21-19-17-15-13-11-9-7-2/h8,10,14,16,41,43,48-49,53H,6-7,9,11-13,15,17-40,42,44-47H2,1-5H3,(H-,51,54,55,56)/p+1/b10-8-,16-14-,43-41+. The molecule has 0 bridgehead atoms. The molecule has 0 rings (SSSR count). The molecule has 0 spiro atoms. The van der Waals surface area contributed by atoms with E-state index in [1.165, 1.54) is 154 Å². The Balaban J connectivity index is 4.29. The van der Waals surface area contributed by atoms with Gasteiger partial charge in [-0.2, -0.15) is 0 Å². The number of hydrogen-bond donors (Lipinski definition) is 3. The van der Waals surface area contributed by atoms with Crippen LogP contribution in [0.1, 0.15) is 226 Å². The Morgan fingerprint density at radius 3 is 1.47 bits per heavy atom. The quantitative estimate of drug-likeness (QED) is 0.0244. The number of aliphatic hydroxyl groups excluding tert-OH is 1. The summed E-state index contributed by atoms with van der Waals surface area (Å²) < 4.78 is 23.6. The average molecular weight is 854 g/mol. The fraction of sp³-hybridized carbons (Fsp3) is 0.860. The molecule has 3 N–H and O–H groups in total. The number of carbonyl (C=O) groups is 1. The second-order valence-corrected chi connectivity index (χ2v) is 19.6. The Morgan fingerprint density at radius 1 is 0.593 bits per heavy atom. The number of nitrogens with zero attached hydrogens (tertiary/aromatic N) is 1. The number of phosphoric ester groups is 1. The molecule has 0 saturated carbocycles. The molecule has 3 atom stereocenters. The van der Waals surface area contributed by atoms with Gasteiger partial charge in [0.05, 0.1) is 39.9 Å². The predicted molar refractivity (Wildman–Crippen MR) is 254 cm³/mol. The van der Waals surface area contributed by atoms with Crippen LogP contribution < -0.4 is 5.32 Å². The van der Waals surface area contributed by atoms with Gasteiger partial charge < -0.3 is 19.8 Å². The highest BCUT2D eigenvalue weighted by Gasteiger charge is 2.27. The molecule has 0 aromatic carbocycles. The summed E-state index contributed by atoms with van der Waals surface area (Å²) in [6, 6.07) is -0.845. The normalized spacial score (nSPS) is 14.5. The van der Waals surface area contributed by atoms with E-state index in [0.717, 1.165) is 51.4 Å². The fourth-order valence-corrected chi connectivity index (χ4v) is 7.93. The summed E-state index contributed by atoms with van der Waals surface area (Å²) in [6.07, 6.45) is 52.2. The van der Waals surface area contributed by atoms with Crippen LogP contribution in [0.25, 0.3) is 0 Å². The number of quaternary nitrogens is 1. The second kappa shape index (κ2) is 42.0. The number of hydrogen-bond acceptors (Lipinski definition) is 5. The predicted octanol–water partition coefficient (Wildman–Crippen LogP) is 14.3. The molecule has 0 saturated heterocycles. The zero-order valence-electron chi connectivity index (χ0n) is 39.5. The number of carbonyl (C=O) groups excluding carboxylic acids is 1. The Hall–Kier alpha value is -1.28. The molecule has 0 aromatic heterocycles. The minimum atomic E-state index is -4.34. The van der Waals surface area contributed by atoms with E-state index in [0.29, 0.717) is 17.4 Å². The molecule has 0 aliphatic carbocycles. The van der Waals surface area contributed by atoms with Crippen LogP contribution in [0.3, 0.4) is 0 Å². The van der Waals surface area contributed by atoms with Crippen molar-refractivity contribution in [2.45, 2.75) is 238 Å². The first-order valence-corrected chi connectivity index (χ1v) is 26.4. The van der Waals surface area contributed by atoms with Crippen molar-refractivity contribution in [2.24, 2.45) is 0 Å². The molecule has 0 heterocycles. The van der Waals surface area contributed by atoms with Crippen LogP contribution in [0.5, 0.6) is 0 Å². The van der Waals surface area contributed by atoms with Gasteiger partial charge in [-0.25, -0.2) is 4.57 Å². The van der Waals surface area contributed by atoms with Crippen molar-refractivity contribution < 1.29 is 32.9 Å². The second-order valence-electron chi connectivity index (χ2n) is 18.2. The molecular formula is C50H98N2O6P+. The number of nitrogens with one attached hydrogen (secondary N) is 1. The highest BCUT2D eigenvalue weighted by molar-refractivity contribution is 7.47. The zero-order chi connectivity index (χ0) is 43.6. The SMILES string of the molecule is CC/C=C\C/C=C\CCCCCCCCCCCCCCCCC(=O)NC(COP(=O)(O)OCC[N+](C)(C)C)C(O)/C=C/CCCCCCCCCCCCCCCC. The molecule has 3 unspecified atom stereocenters. The first-order chi connectivity index (χ1) is 28.5. The van der Waals surface area contributed by atoms with Gasteiger partial charge in [0, 0.05) is 6.42 Å². The number of amides is 1. The van der Waals surface area contributed by atoms with Crippen LogP contribution in [-0.2, 0) is 18.4 Å². The van der Waals surface area contributed by atoms with Crippen LogP contribution in [0, 0.1) is 0 Å². The van der Waals surface area contributed by atoms with Crippen molar-refractivity contribution in [1.29, 1.82) is 0 Å². The monoisotopic (exact) mass is 854 g/mol. The fourth-order valence-electron chi connectivity index (χ4n) is 7.20. The Morgan fingerprint density at radius 2 is 1.02 bits per heavy atom. The van der Waals surface area contributed by atoms with Gasteiger partial charge in [-0.05, 0) is 44.9 Å². The highest BCUT2D eigenvalue weighted by Crippen LogP contribution is 2.43. The third-order valence-electron chi connectivity index (χ3n) is 11.1. The van der Waals surface area contributed by atoms with Crippen molar-refractivity contribution in [3.8, 4) is 0 Å². The Kier molecular flexibility index (Phi) is 41.1. The van der Waals surface area contributed by atoms with E-state index in [4.69, 9.17) is 9.05 Å². The van der Waals surface area contributed by atoms with E-state index in [9.17, 15) is 19.4 Å². The zero-order valence-corrected chi connectivity index (χ0v) is 40.4. The lowest BCUT2D eigenvalue weighted by atomic mass is 10.0. The summed E-state index contributed by atoms with van der Waals surface area (Å²) in [7, 11) is 1.58. The molecule has 9 heteroatoms. The molecule has 0 aliphatic heterocycles. The first kappa shape index (κ1) is 57.7. The van der Waals surface area contributed by atoms with Crippen LogP contribution in [0.15, 0.2) is 36.5 Å². The molecule has 0 aromatic rings. The molecule has 0 fully saturated rings. The summed E-state index contributed by atoms with van der Waals surface area (Å²) in [4.78, 5) is 23.2. The summed E-state index contributed by atoms with van der Waals surface area (Å²) >= 11 is 0. The van der Waals surface area contributed by atoms with Crippen molar-refractivity contribution in [3.63, 3.8) is 0 Å².